The summed E-state index contributed by atoms with van der Waals surface area (Å²) in [5, 5.41) is 21.3. The van der Waals surface area contributed by atoms with Gasteiger partial charge in [0.15, 0.2) is 0 Å². The van der Waals surface area contributed by atoms with Crippen LogP contribution in [-0.4, -0.2) is 22.6 Å². The van der Waals surface area contributed by atoms with Crippen molar-refractivity contribution in [3.8, 4) is 6.07 Å². The van der Waals surface area contributed by atoms with E-state index in [2.05, 4.69) is 10.3 Å². The molecule has 0 spiro atoms. The lowest BCUT2D eigenvalue weighted by Crippen LogP contribution is -2.39. The van der Waals surface area contributed by atoms with E-state index >= 15 is 0 Å². The van der Waals surface area contributed by atoms with E-state index < -0.39 is 11.4 Å². The molecule has 100 valence electrons. The van der Waals surface area contributed by atoms with Gasteiger partial charge in [0.1, 0.15) is 11.8 Å². The van der Waals surface area contributed by atoms with Crippen LogP contribution in [-0.2, 0) is 4.79 Å². The molecule has 2 rings (SSSR count). The Labute approximate surface area is 112 Å². The van der Waals surface area contributed by atoms with Crippen molar-refractivity contribution in [2.45, 2.75) is 32.1 Å². The second kappa shape index (κ2) is 5.70. The van der Waals surface area contributed by atoms with E-state index in [-0.39, 0.29) is 0 Å². The summed E-state index contributed by atoms with van der Waals surface area (Å²) in [6, 6.07) is 5.33. The van der Waals surface area contributed by atoms with Crippen molar-refractivity contribution in [2.24, 2.45) is 5.41 Å². The molecule has 0 saturated heterocycles. The highest BCUT2D eigenvalue weighted by atomic mass is 16.4. The molecular formula is C14H17N3O2. The molecule has 1 aliphatic carbocycles. The first-order valence-corrected chi connectivity index (χ1v) is 6.50. The fraction of sp³-hybridized carbons (Fsp3) is 0.500. The van der Waals surface area contributed by atoms with Gasteiger partial charge in [0, 0.05) is 6.54 Å². The minimum absolute atomic E-state index is 0.358. The number of nitrogens with one attached hydrogen (secondary N) is 1. The quantitative estimate of drug-likeness (QED) is 0.867. The summed E-state index contributed by atoms with van der Waals surface area (Å²) >= 11 is 0. The van der Waals surface area contributed by atoms with Gasteiger partial charge in [-0.2, -0.15) is 5.26 Å². The Morgan fingerprint density at radius 2 is 2.16 bits per heavy atom. The van der Waals surface area contributed by atoms with Crippen molar-refractivity contribution in [3.63, 3.8) is 0 Å². The van der Waals surface area contributed by atoms with Crippen molar-refractivity contribution in [1.82, 2.24) is 4.98 Å². The van der Waals surface area contributed by atoms with Crippen LogP contribution in [0.15, 0.2) is 18.3 Å². The minimum atomic E-state index is -0.721. The normalized spacial score (nSPS) is 17.4. The number of rotatable bonds is 4. The van der Waals surface area contributed by atoms with Gasteiger partial charge < -0.3 is 10.4 Å². The maximum atomic E-state index is 11.5. The lowest BCUT2D eigenvalue weighted by atomic mass is 9.74. The highest BCUT2D eigenvalue weighted by Gasteiger charge is 2.39. The zero-order valence-electron chi connectivity index (χ0n) is 10.7. The van der Waals surface area contributed by atoms with Gasteiger partial charge in [-0.3, -0.25) is 4.79 Å². The average Bonchev–Trinajstić information content (AvgIpc) is 2.46. The van der Waals surface area contributed by atoms with E-state index in [4.69, 9.17) is 5.26 Å². The third-order valence-corrected chi connectivity index (χ3v) is 3.77. The number of hydrogen-bond donors (Lipinski definition) is 2. The molecule has 1 saturated carbocycles. The lowest BCUT2D eigenvalue weighted by molar-refractivity contribution is -0.150. The van der Waals surface area contributed by atoms with Crippen LogP contribution >= 0.6 is 0 Å². The van der Waals surface area contributed by atoms with Crippen molar-refractivity contribution < 1.29 is 9.90 Å². The molecule has 19 heavy (non-hydrogen) atoms. The molecule has 0 aromatic carbocycles. The number of carboxylic acid groups (broad SMARTS) is 1. The van der Waals surface area contributed by atoms with Crippen molar-refractivity contribution in [1.29, 1.82) is 5.26 Å². The number of aromatic nitrogens is 1. The number of nitriles is 1. The molecule has 2 N–H and O–H groups in total. The molecule has 0 atom stereocenters. The number of nitrogens with zero attached hydrogens (tertiary/aromatic N) is 2. The van der Waals surface area contributed by atoms with Crippen LogP contribution in [0.2, 0.25) is 0 Å². The molecule has 1 aliphatic rings. The summed E-state index contributed by atoms with van der Waals surface area (Å²) < 4.78 is 0. The SMILES string of the molecule is N#Cc1ccc(NCC2(C(=O)O)CCCCC2)cn1. The van der Waals surface area contributed by atoms with Crippen LogP contribution in [0.1, 0.15) is 37.8 Å². The Morgan fingerprint density at radius 1 is 1.42 bits per heavy atom. The van der Waals surface area contributed by atoms with Gasteiger partial charge in [0.05, 0.1) is 17.3 Å². The predicted molar refractivity (Wildman–Crippen MR) is 70.6 cm³/mol. The Hall–Kier alpha value is -2.09. The van der Waals surface area contributed by atoms with Crippen LogP contribution in [0, 0.1) is 16.7 Å². The van der Waals surface area contributed by atoms with Gasteiger partial charge in [0.2, 0.25) is 0 Å². The van der Waals surface area contributed by atoms with Crippen molar-refractivity contribution >= 4 is 11.7 Å². The number of hydrogen-bond acceptors (Lipinski definition) is 4. The summed E-state index contributed by atoms with van der Waals surface area (Å²) in [6.07, 6.45) is 6.07. The standard InChI is InChI=1S/C14H17N3O2/c15-8-11-4-5-12(9-16-11)17-10-14(13(18)19)6-2-1-3-7-14/h4-5,9,17H,1-3,6-7,10H2,(H,18,19). The van der Waals surface area contributed by atoms with Crippen LogP contribution < -0.4 is 5.32 Å². The second-order valence-corrected chi connectivity index (χ2v) is 5.04. The Bertz CT molecular complexity index is 484. The number of aliphatic carboxylic acids is 1. The molecular weight excluding hydrogens is 242 g/mol. The fourth-order valence-corrected chi connectivity index (χ4v) is 2.53. The first kappa shape index (κ1) is 13.3. The maximum Gasteiger partial charge on any atom is 0.311 e. The molecule has 0 unspecified atom stereocenters. The monoisotopic (exact) mass is 259 g/mol. The van der Waals surface area contributed by atoms with Crippen LogP contribution in [0.5, 0.6) is 0 Å². The number of pyridine rings is 1. The minimum Gasteiger partial charge on any atom is -0.481 e. The third-order valence-electron chi connectivity index (χ3n) is 3.77. The fourth-order valence-electron chi connectivity index (χ4n) is 2.53. The van der Waals surface area contributed by atoms with E-state index in [0.29, 0.717) is 12.2 Å². The Morgan fingerprint density at radius 3 is 2.68 bits per heavy atom. The molecule has 0 aliphatic heterocycles. The summed E-state index contributed by atoms with van der Waals surface area (Å²) in [5.41, 5.74) is 0.452. The highest BCUT2D eigenvalue weighted by Crippen LogP contribution is 2.36. The van der Waals surface area contributed by atoms with Crippen molar-refractivity contribution in [2.75, 3.05) is 11.9 Å². The van der Waals surface area contributed by atoms with E-state index in [1.54, 1.807) is 18.3 Å². The number of anilines is 1. The highest BCUT2D eigenvalue weighted by molar-refractivity contribution is 5.75. The molecule has 1 fully saturated rings. The summed E-state index contributed by atoms with van der Waals surface area (Å²) in [7, 11) is 0. The first-order valence-electron chi connectivity index (χ1n) is 6.50. The van der Waals surface area contributed by atoms with Gasteiger partial charge in [-0.15, -0.1) is 0 Å². The summed E-state index contributed by atoms with van der Waals surface area (Å²) in [5.74, 6) is -0.721. The molecule has 5 nitrogen and oxygen atoms in total. The zero-order chi connectivity index (χ0) is 13.7. The van der Waals surface area contributed by atoms with Crippen molar-refractivity contribution in [3.05, 3.63) is 24.0 Å². The van der Waals surface area contributed by atoms with Gasteiger partial charge >= 0.3 is 5.97 Å². The smallest absolute Gasteiger partial charge is 0.311 e. The van der Waals surface area contributed by atoms with E-state index in [1.165, 1.54) is 0 Å². The second-order valence-electron chi connectivity index (χ2n) is 5.04. The van der Waals surface area contributed by atoms with Gasteiger partial charge in [-0.05, 0) is 25.0 Å². The molecule has 0 radical (unpaired) electrons. The molecule has 5 heteroatoms. The van der Waals surface area contributed by atoms with E-state index in [1.807, 2.05) is 6.07 Å². The molecule has 1 heterocycles. The van der Waals surface area contributed by atoms with Crippen LogP contribution in [0.4, 0.5) is 5.69 Å². The average molecular weight is 259 g/mol. The van der Waals surface area contributed by atoms with Gasteiger partial charge in [-0.1, -0.05) is 19.3 Å². The number of carbonyl (C=O) groups is 1. The topological polar surface area (TPSA) is 86.0 Å². The molecule has 1 aromatic rings. The lowest BCUT2D eigenvalue weighted by Gasteiger charge is -2.33. The Kier molecular flexibility index (Phi) is 4.00. The largest absolute Gasteiger partial charge is 0.481 e. The van der Waals surface area contributed by atoms with Gasteiger partial charge in [0.25, 0.3) is 0 Å². The predicted octanol–water partition coefficient (Wildman–Crippen LogP) is 2.40. The summed E-state index contributed by atoms with van der Waals surface area (Å²) in [6.45, 7) is 0.413. The third kappa shape index (κ3) is 3.02. The zero-order valence-corrected chi connectivity index (χ0v) is 10.7. The summed E-state index contributed by atoms with van der Waals surface area (Å²) in [4.78, 5) is 15.5. The first-order chi connectivity index (χ1) is 9.16. The maximum absolute atomic E-state index is 11.5. The van der Waals surface area contributed by atoms with E-state index in [9.17, 15) is 9.90 Å². The van der Waals surface area contributed by atoms with Crippen LogP contribution in [0.25, 0.3) is 0 Å². The Balaban J connectivity index is 2.02. The van der Waals surface area contributed by atoms with Gasteiger partial charge in [-0.25, -0.2) is 4.98 Å². The molecule has 1 aromatic heterocycles. The molecule has 0 bridgehead atoms. The van der Waals surface area contributed by atoms with Crippen LogP contribution in [0.3, 0.4) is 0 Å². The van der Waals surface area contributed by atoms with E-state index in [0.717, 1.165) is 37.8 Å². The number of carboxylic acids is 1. The molecule has 0 amide bonds.